The molecule has 0 saturated heterocycles. The Kier molecular flexibility index (Phi) is 3.23. The molecule has 2 heterocycles. The first-order valence-corrected chi connectivity index (χ1v) is 7.35. The van der Waals surface area contributed by atoms with E-state index in [1.807, 2.05) is 12.1 Å². The van der Waals surface area contributed by atoms with Crippen molar-refractivity contribution in [2.75, 3.05) is 0 Å². The van der Waals surface area contributed by atoms with Gasteiger partial charge in [-0.25, -0.2) is 4.98 Å². The Bertz CT molecular complexity index is 1040. The summed E-state index contributed by atoms with van der Waals surface area (Å²) in [7, 11) is 0. The van der Waals surface area contributed by atoms with Gasteiger partial charge in [-0.15, -0.1) is 0 Å². The number of rotatable bonds is 1. The molecule has 118 valence electrons. The first-order valence-electron chi connectivity index (χ1n) is 7.35. The fourth-order valence-corrected chi connectivity index (χ4v) is 2.83. The highest BCUT2D eigenvalue weighted by Crippen LogP contribution is 2.38. The number of pyridine rings is 2. The molecule has 0 bridgehead atoms. The maximum Gasteiger partial charge on any atom is 0.433 e. The highest BCUT2D eigenvalue weighted by molar-refractivity contribution is 6.03. The van der Waals surface area contributed by atoms with Crippen LogP contribution in [0.2, 0.25) is 0 Å². The van der Waals surface area contributed by atoms with E-state index in [1.165, 1.54) is 6.07 Å². The number of alkyl halides is 3. The summed E-state index contributed by atoms with van der Waals surface area (Å²) >= 11 is 0. The molecule has 0 atom stereocenters. The van der Waals surface area contributed by atoms with Gasteiger partial charge in [0.25, 0.3) is 0 Å². The number of benzene rings is 2. The van der Waals surface area contributed by atoms with Gasteiger partial charge in [-0.05, 0) is 17.7 Å². The molecule has 0 saturated carbocycles. The number of hydrogen-bond donors (Lipinski definition) is 0. The number of halogens is 3. The van der Waals surface area contributed by atoms with Crippen molar-refractivity contribution < 1.29 is 13.2 Å². The van der Waals surface area contributed by atoms with Gasteiger partial charge in [0, 0.05) is 22.5 Å². The van der Waals surface area contributed by atoms with Crippen molar-refractivity contribution in [1.29, 1.82) is 0 Å². The largest absolute Gasteiger partial charge is 0.433 e. The molecule has 4 rings (SSSR count). The van der Waals surface area contributed by atoms with Crippen LogP contribution in [0.15, 0.2) is 66.9 Å². The van der Waals surface area contributed by atoms with Gasteiger partial charge < -0.3 is 0 Å². The first-order chi connectivity index (χ1) is 11.5. The van der Waals surface area contributed by atoms with Crippen molar-refractivity contribution in [3.8, 4) is 11.1 Å². The molecule has 4 aromatic rings. The minimum atomic E-state index is -4.55. The van der Waals surface area contributed by atoms with Gasteiger partial charge in [0.05, 0.1) is 11.0 Å². The lowest BCUT2D eigenvalue weighted by Gasteiger charge is -2.14. The van der Waals surface area contributed by atoms with E-state index in [9.17, 15) is 13.2 Å². The van der Waals surface area contributed by atoms with E-state index < -0.39 is 11.9 Å². The Hall–Kier alpha value is -2.95. The highest BCUT2D eigenvalue weighted by Gasteiger charge is 2.36. The second-order valence-corrected chi connectivity index (χ2v) is 5.46. The molecule has 0 radical (unpaired) electrons. The molecule has 0 amide bonds. The highest BCUT2D eigenvalue weighted by atomic mass is 19.4. The number of fused-ring (bicyclic) bond motifs is 3. The molecule has 2 aromatic heterocycles. The second kappa shape index (κ2) is 5.30. The van der Waals surface area contributed by atoms with Gasteiger partial charge in [-0.3, -0.25) is 4.98 Å². The van der Waals surface area contributed by atoms with E-state index in [4.69, 9.17) is 0 Å². The van der Waals surface area contributed by atoms with Crippen LogP contribution in [0.3, 0.4) is 0 Å². The second-order valence-electron chi connectivity index (χ2n) is 5.46. The third kappa shape index (κ3) is 2.38. The van der Waals surface area contributed by atoms with Crippen molar-refractivity contribution >= 4 is 21.8 Å². The molecule has 0 aliphatic carbocycles. The van der Waals surface area contributed by atoms with Gasteiger partial charge in [-0.1, -0.05) is 48.5 Å². The Morgan fingerprint density at radius 3 is 2.25 bits per heavy atom. The minimum absolute atomic E-state index is 0.0749. The van der Waals surface area contributed by atoms with Crippen LogP contribution in [-0.4, -0.2) is 9.97 Å². The molecule has 5 heteroatoms. The third-order valence-electron chi connectivity index (χ3n) is 3.91. The van der Waals surface area contributed by atoms with Crippen LogP contribution < -0.4 is 0 Å². The predicted octanol–water partition coefficient (Wildman–Crippen LogP) is 5.47. The van der Waals surface area contributed by atoms with Crippen LogP contribution >= 0.6 is 0 Å². The van der Waals surface area contributed by atoms with Gasteiger partial charge in [0.15, 0.2) is 5.69 Å². The van der Waals surface area contributed by atoms with Crippen LogP contribution in [0.5, 0.6) is 0 Å². The molecule has 0 spiro atoms. The summed E-state index contributed by atoms with van der Waals surface area (Å²) in [6.07, 6.45) is -2.99. The summed E-state index contributed by atoms with van der Waals surface area (Å²) < 4.78 is 40.7. The molecule has 24 heavy (non-hydrogen) atoms. The number of nitrogens with zero attached hydrogens (tertiary/aromatic N) is 2. The molecule has 2 nitrogen and oxygen atoms in total. The van der Waals surface area contributed by atoms with Crippen molar-refractivity contribution in [2.45, 2.75) is 6.18 Å². The van der Waals surface area contributed by atoms with Crippen molar-refractivity contribution in [3.63, 3.8) is 0 Å². The lowest BCUT2D eigenvalue weighted by atomic mass is 10.00. The molecular weight excluding hydrogens is 313 g/mol. The van der Waals surface area contributed by atoms with Crippen LogP contribution in [0.1, 0.15) is 5.69 Å². The van der Waals surface area contributed by atoms with Crippen molar-refractivity contribution in [3.05, 3.63) is 72.6 Å². The van der Waals surface area contributed by atoms with Crippen molar-refractivity contribution in [1.82, 2.24) is 9.97 Å². The average molecular weight is 324 g/mol. The lowest BCUT2D eigenvalue weighted by Crippen LogP contribution is -2.10. The molecule has 0 unspecified atom stereocenters. The fourth-order valence-electron chi connectivity index (χ4n) is 2.83. The van der Waals surface area contributed by atoms with Gasteiger partial charge in [0.1, 0.15) is 0 Å². The summed E-state index contributed by atoms with van der Waals surface area (Å²) in [5.41, 5.74) is 0.408. The summed E-state index contributed by atoms with van der Waals surface area (Å²) in [4.78, 5) is 8.17. The predicted molar refractivity (Wildman–Crippen MR) is 87.5 cm³/mol. The zero-order chi connectivity index (χ0) is 16.7. The third-order valence-corrected chi connectivity index (χ3v) is 3.91. The summed E-state index contributed by atoms with van der Waals surface area (Å²) in [6, 6.07) is 17.2. The molecule has 0 aliphatic rings. The number of aromatic nitrogens is 2. The van der Waals surface area contributed by atoms with E-state index in [0.717, 1.165) is 5.39 Å². The smallest absolute Gasteiger partial charge is 0.254 e. The minimum Gasteiger partial charge on any atom is -0.254 e. The normalized spacial score (nSPS) is 12.0. The average Bonchev–Trinajstić information content (AvgIpc) is 2.60. The van der Waals surface area contributed by atoms with Crippen LogP contribution in [0, 0.1) is 0 Å². The van der Waals surface area contributed by atoms with Gasteiger partial charge >= 0.3 is 6.18 Å². The van der Waals surface area contributed by atoms with Crippen LogP contribution in [0.4, 0.5) is 13.2 Å². The topological polar surface area (TPSA) is 25.8 Å². The Balaban J connectivity index is 2.11. The van der Waals surface area contributed by atoms with Gasteiger partial charge in [-0.2, -0.15) is 13.2 Å². The molecule has 0 N–H and O–H groups in total. The Morgan fingerprint density at radius 1 is 0.750 bits per heavy atom. The standard InChI is InChI=1S/C19H11F3N2/c20-19(21,22)18-15(12-5-2-1-3-6-12)11-14-9-8-13-7-4-10-23-16(13)17(14)24-18/h1-11H. The molecule has 0 aliphatic heterocycles. The summed E-state index contributed by atoms with van der Waals surface area (Å²) in [5, 5.41) is 1.39. The maximum absolute atomic E-state index is 13.6. The Labute approximate surface area is 135 Å². The van der Waals surface area contributed by atoms with E-state index in [2.05, 4.69) is 9.97 Å². The number of hydrogen-bond acceptors (Lipinski definition) is 2. The zero-order valence-electron chi connectivity index (χ0n) is 12.4. The molecular formula is C19H11F3N2. The molecule has 0 fully saturated rings. The van der Waals surface area contributed by atoms with Crippen LogP contribution in [-0.2, 0) is 6.18 Å². The van der Waals surface area contributed by atoms with E-state index in [-0.39, 0.29) is 11.1 Å². The summed E-state index contributed by atoms with van der Waals surface area (Å²) in [6.45, 7) is 0. The van der Waals surface area contributed by atoms with Crippen molar-refractivity contribution in [2.24, 2.45) is 0 Å². The van der Waals surface area contributed by atoms with E-state index in [1.54, 1.807) is 48.7 Å². The van der Waals surface area contributed by atoms with Crippen LogP contribution in [0.25, 0.3) is 32.9 Å². The van der Waals surface area contributed by atoms with Gasteiger partial charge in [0.2, 0.25) is 0 Å². The lowest BCUT2D eigenvalue weighted by molar-refractivity contribution is -0.140. The van der Waals surface area contributed by atoms with E-state index in [0.29, 0.717) is 16.5 Å². The Morgan fingerprint density at radius 2 is 1.50 bits per heavy atom. The molecule has 2 aromatic carbocycles. The SMILES string of the molecule is FC(F)(F)c1nc2c(ccc3cccnc32)cc1-c1ccccc1. The zero-order valence-corrected chi connectivity index (χ0v) is 12.4. The quantitative estimate of drug-likeness (QED) is 0.434. The summed E-state index contributed by atoms with van der Waals surface area (Å²) in [5.74, 6) is 0. The monoisotopic (exact) mass is 324 g/mol. The van der Waals surface area contributed by atoms with E-state index >= 15 is 0 Å². The first kappa shape index (κ1) is 14.6. The maximum atomic E-state index is 13.6. The fraction of sp³-hybridized carbons (Fsp3) is 0.0526.